The van der Waals surface area contributed by atoms with Gasteiger partial charge in [0.2, 0.25) is 0 Å². The third-order valence-electron chi connectivity index (χ3n) is 3.93. The highest BCUT2D eigenvalue weighted by molar-refractivity contribution is 9.10. The van der Waals surface area contributed by atoms with E-state index in [2.05, 4.69) is 21.2 Å². The van der Waals surface area contributed by atoms with Crippen molar-refractivity contribution in [3.05, 3.63) is 33.8 Å². The summed E-state index contributed by atoms with van der Waals surface area (Å²) in [6, 6.07) is 5.57. The van der Waals surface area contributed by atoms with Gasteiger partial charge in [0.15, 0.2) is 0 Å². The zero-order valence-corrected chi connectivity index (χ0v) is 12.7. The number of carbonyl (C=O) groups excluding carboxylic acids is 1. The summed E-state index contributed by atoms with van der Waals surface area (Å²) in [5, 5.41) is 12.9. The van der Waals surface area contributed by atoms with Gasteiger partial charge in [-0.05, 0) is 43.4 Å². The highest BCUT2D eigenvalue weighted by atomic mass is 79.9. The van der Waals surface area contributed by atoms with Crippen molar-refractivity contribution in [1.82, 2.24) is 5.32 Å². The standard InChI is InChI=1S/C15H20BrNO2/c1-10-12(7-4-8-13(10)16)15(19)17-9-14(18)11-5-2-3-6-11/h4,7-8,11,14,18H,2-3,5-6,9H2,1H3,(H,17,19). The molecule has 0 radical (unpaired) electrons. The molecule has 0 aromatic heterocycles. The van der Waals surface area contributed by atoms with E-state index in [1.807, 2.05) is 19.1 Å². The summed E-state index contributed by atoms with van der Waals surface area (Å²) in [6.07, 6.45) is 4.12. The average Bonchev–Trinajstić information content (AvgIpc) is 2.93. The van der Waals surface area contributed by atoms with Gasteiger partial charge in [-0.25, -0.2) is 0 Å². The summed E-state index contributed by atoms with van der Waals surface area (Å²) in [5.74, 6) is 0.236. The summed E-state index contributed by atoms with van der Waals surface area (Å²) < 4.78 is 0.927. The second-order valence-corrected chi connectivity index (χ2v) is 6.09. The number of aliphatic hydroxyl groups is 1. The van der Waals surface area contributed by atoms with Crippen molar-refractivity contribution in [2.45, 2.75) is 38.7 Å². The largest absolute Gasteiger partial charge is 0.391 e. The molecular weight excluding hydrogens is 306 g/mol. The molecule has 0 heterocycles. The van der Waals surface area contributed by atoms with E-state index in [1.165, 1.54) is 12.8 Å². The van der Waals surface area contributed by atoms with Crippen LogP contribution in [-0.4, -0.2) is 23.7 Å². The van der Waals surface area contributed by atoms with Crippen LogP contribution in [0, 0.1) is 12.8 Å². The van der Waals surface area contributed by atoms with E-state index < -0.39 is 6.10 Å². The Morgan fingerprint density at radius 1 is 1.47 bits per heavy atom. The molecule has 0 spiro atoms. The second kappa shape index (κ2) is 6.53. The molecule has 1 aromatic carbocycles. The first-order valence-corrected chi connectivity index (χ1v) is 7.60. The van der Waals surface area contributed by atoms with E-state index in [1.54, 1.807) is 6.07 Å². The number of amides is 1. The van der Waals surface area contributed by atoms with Crippen LogP contribution in [0.3, 0.4) is 0 Å². The fourth-order valence-electron chi connectivity index (χ4n) is 2.65. The van der Waals surface area contributed by atoms with E-state index in [0.29, 0.717) is 18.0 Å². The van der Waals surface area contributed by atoms with Crippen LogP contribution in [0.4, 0.5) is 0 Å². The van der Waals surface area contributed by atoms with Gasteiger partial charge < -0.3 is 10.4 Å². The first-order chi connectivity index (χ1) is 9.09. The van der Waals surface area contributed by atoms with Crippen LogP contribution < -0.4 is 5.32 Å². The predicted octanol–water partition coefficient (Wildman–Crippen LogP) is 3.04. The summed E-state index contributed by atoms with van der Waals surface area (Å²) in [6.45, 7) is 2.25. The summed E-state index contributed by atoms with van der Waals surface area (Å²) in [5.41, 5.74) is 1.59. The minimum absolute atomic E-state index is 0.115. The van der Waals surface area contributed by atoms with E-state index in [0.717, 1.165) is 22.9 Å². The Hall–Kier alpha value is -0.870. The second-order valence-electron chi connectivity index (χ2n) is 5.23. The van der Waals surface area contributed by atoms with E-state index in [9.17, 15) is 9.90 Å². The van der Waals surface area contributed by atoms with Crippen LogP contribution in [0.2, 0.25) is 0 Å². The van der Waals surface area contributed by atoms with Crippen LogP contribution in [0.25, 0.3) is 0 Å². The minimum atomic E-state index is -0.418. The molecule has 2 rings (SSSR count). The highest BCUT2D eigenvalue weighted by Crippen LogP contribution is 2.27. The Morgan fingerprint density at radius 3 is 2.84 bits per heavy atom. The maximum Gasteiger partial charge on any atom is 0.251 e. The van der Waals surface area contributed by atoms with Crippen LogP contribution >= 0.6 is 15.9 Å². The van der Waals surface area contributed by atoms with Gasteiger partial charge in [-0.15, -0.1) is 0 Å². The highest BCUT2D eigenvalue weighted by Gasteiger charge is 2.23. The summed E-state index contributed by atoms with van der Waals surface area (Å²) in [7, 11) is 0. The smallest absolute Gasteiger partial charge is 0.251 e. The molecule has 4 heteroatoms. The van der Waals surface area contributed by atoms with Gasteiger partial charge in [0, 0.05) is 16.6 Å². The van der Waals surface area contributed by atoms with Gasteiger partial charge in [0.25, 0.3) is 5.91 Å². The molecule has 1 saturated carbocycles. The normalized spacial score (nSPS) is 17.4. The van der Waals surface area contributed by atoms with Gasteiger partial charge in [-0.3, -0.25) is 4.79 Å². The Kier molecular flexibility index (Phi) is 4.99. The lowest BCUT2D eigenvalue weighted by atomic mass is 10.0. The van der Waals surface area contributed by atoms with Crippen LogP contribution in [0.15, 0.2) is 22.7 Å². The molecule has 19 heavy (non-hydrogen) atoms. The van der Waals surface area contributed by atoms with Gasteiger partial charge in [-0.1, -0.05) is 34.8 Å². The van der Waals surface area contributed by atoms with Crippen molar-refractivity contribution in [3.63, 3.8) is 0 Å². The number of nitrogens with one attached hydrogen (secondary N) is 1. The number of carbonyl (C=O) groups is 1. The maximum atomic E-state index is 12.1. The molecule has 1 aliphatic carbocycles. The lowest BCUT2D eigenvalue weighted by Gasteiger charge is -2.18. The van der Waals surface area contributed by atoms with E-state index in [-0.39, 0.29) is 5.91 Å². The van der Waals surface area contributed by atoms with Gasteiger partial charge in [0.05, 0.1) is 6.10 Å². The van der Waals surface area contributed by atoms with Crippen molar-refractivity contribution in [2.24, 2.45) is 5.92 Å². The molecular formula is C15H20BrNO2. The monoisotopic (exact) mass is 325 g/mol. The molecule has 0 bridgehead atoms. The Morgan fingerprint density at radius 2 is 2.16 bits per heavy atom. The third-order valence-corrected chi connectivity index (χ3v) is 4.79. The number of hydrogen-bond donors (Lipinski definition) is 2. The lowest BCUT2D eigenvalue weighted by Crippen LogP contribution is -2.35. The molecule has 0 saturated heterocycles. The molecule has 1 aromatic rings. The number of benzene rings is 1. The van der Waals surface area contributed by atoms with E-state index >= 15 is 0 Å². The Balaban J connectivity index is 1.92. The number of rotatable bonds is 4. The minimum Gasteiger partial charge on any atom is -0.391 e. The number of aliphatic hydroxyl groups excluding tert-OH is 1. The molecule has 104 valence electrons. The van der Waals surface area contributed by atoms with Crippen LogP contribution in [0.5, 0.6) is 0 Å². The van der Waals surface area contributed by atoms with Crippen molar-refractivity contribution in [2.75, 3.05) is 6.54 Å². The topological polar surface area (TPSA) is 49.3 Å². The molecule has 1 fully saturated rings. The molecule has 1 atom stereocenters. The molecule has 0 aliphatic heterocycles. The molecule has 1 amide bonds. The van der Waals surface area contributed by atoms with Gasteiger partial charge in [-0.2, -0.15) is 0 Å². The van der Waals surface area contributed by atoms with E-state index in [4.69, 9.17) is 0 Å². The zero-order valence-electron chi connectivity index (χ0n) is 11.2. The number of hydrogen-bond acceptors (Lipinski definition) is 2. The fourth-order valence-corrected chi connectivity index (χ4v) is 3.02. The fraction of sp³-hybridized carbons (Fsp3) is 0.533. The van der Waals surface area contributed by atoms with Gasteiger partial charge >= 0.3 is 0 Å². The Labute approximate surface area is 122 Å². The summed E-state index contributed by atoms with van der Waals surface area (Å²) >= 11 is 3.42. The molecule has 3 nitrogen and oxygen atoms in total. The summed E-state index contributed by atoms with van der Waals surface area (Å²) in [4.78, 5) is 12.1. The number of halogens is 1. The first-order valence-electron chi connectivity index (χ1n) is 6.81. The zero-order chi connectivity index (χ0) is 13.8. The predicted molar refractivity (Wildman–Crippen MR) is 79.2 cm³/mol. The first kappa shape index (κ1) is 14.5. The quantitative estimate of drug-likeness (QED) is 0.893. The molecule has 2 N–H and O–H groups in total. The SMILES string of the molecule is Cc1c(Br)cccc1C(=O)NCC(O)C1CCCC1. The van der Waals surface area contributed by atoms with Crippen molar-refractivity contribution >= 4 is 21.8 Å². The third kappa shape index (κ3) is 3.57. The van der Waals surface area contributed by atoms with Gasteiger partial charge in [0.1, 0.15) is 0 Å². The van der Waals surface area contributed by atoms with Crippen LogP contribution in [0.1, 0.15) is 41.6 Å². The Bertz CT molecular complexity index is 455. The maximum absolute atomic E-state index is 12.1. The van der Waals surface area contributed by atoms with Crippen molar-refractivity contribution in [3.8, 4) is 0 Å². The molecule has 1 aliphatic rings. The average molecular weight is 326 g/mol. The van der Waals surface area contributed by atoms with Crippen LogP contribution in [-0.2, 0) is 0 Å². The van der Waals surface area contributed by atoms with Crippen molar-refractivity contribution in [1.29, 1.82) is 0 Å². The lowest BCUT2D eigenvalue weighted by molar-refractivity contribution is 0.0840. The van der Waals surface area contributed by atoms with Crippen molar-refractivity contribution < 1.29 is 9.90 Å². The molecule has 1 unspecified atom stereocenters.